The van der Waals surface area contributed by atoms with Crippen molar-refractivity contribution >= 4 is 5.69 Å². The maximum absolute atomic E-state index is 7.50. The zero-order chi connectivity index (χ0) is 24.8. The average Bonchev–Trinajstić information content (AvgIpc) is 3.22. The van der Waals surface area contributed by atoms with Crippen LogP contribution in [0.5, 0.6) is 11.5 Å². The third kappa shape index (κ3) is 7.78. The molecule has 1 N–H and O–H groups in total. The number of imidazole rings is 1. The summed E-state index contributed by atoms with van der Waals surface area (Å²) in [6.45, 7) is 11.5. The van der Waals surface area contributed by atoms with Crippen LogP contribution in [-0.4, -0.2) is 54.8 Å². The summed E-state index contributed by atoms with van der Waals surface area (Å²) in [7, 11) is 5.48. The van der Waals surface area contributed by atoms with Gasteiger partial charge in [0, 0.05) is 38.9 Å². The first-order valence-electron chi connectivity index (χ1n) is 11.6. The molecule has 1 fully saturated rings. The van der Waals surface area contributed by atoms with E-state index < -0.39 is 0 Å². The number of likely N-dealkylation sites (N-methyl/N-ethyl adjacent to an activating group) is 1. The predicted octanol–water partition coefficient (Wildman–Crippen LogP) is 6.19. The summed E-state index contributed by atoms with van der Waals surface area (Å²) in [5.41, 5.74) is 13.7. The number of nitrogens with zero attached hydrogens (tertiary/aromatic N) is 4. The van der Waals surface area contributed by atoms with E-state index >= 15 is 0 Å². The van der Waals surface area contributed by atoms with E-state index in [1.165, 1.54) is 16.7 Å². The maximum atomic E-state index is 7.50. The van der Waals surface area contributed by atoms with Crippen LogP contribution in [0.1, 0.15) is 42.1 Å². The molecule has 1 aliphatic rings. The molecule has 0 aliphatic carbocycles. The molecule has 1 radical (unpaired) electrons. The third-order valence-electron chi connectivity index (χ3n) is 6.04. The molecule has 8 heteroatoms. The topological polar surface area (TPSA) is 77.4 Å². The van der Waals surface area contributed by atoms with Crippen molar-refractivity contribution < 1.29 is 42.2 Å². The molecule has 2 heterocycles. The number of aryl methyl sites for hydroxylation is 2. The SMILES string of the molecule is COc1cc(C)c(C[N-]C2CN(C)C2)cc1C(C)C.COc1cc([NH-])ccc1-n1cnc(C)c1.[Y]. The predicted molar refractivity (Wildman–Crippen MR) is 139 cm³/mol. The molecule has 0 atom stereocenters. The van der Waals surface area contributed by atoms with E-state index in [4.69, 9.17) is 20.5 Å². The third-order valence-corrected chi connectivity index (χ3v) is 6.04. The van der Waals surface area contributed by atoms with E-state index in [2.05, 4.69) is 49.8 Å². The van der Waals surface area contributed by atoms with E-state index in [1.54, 1.807) is 32.7 Å². The van der Waals surface area contributed by atoms with Crippen LogP contribution in [0, 0.1) is 13.8 Å². The summed E-state index contributed by atoms with van der Waals surface area (Å²) in [4.78, 5) is 6.45. The summed E-state index contributed by atoms with van der Waals surface area (Å²) in [5.74, 6) is 2.16. The molecule has 1 aromatic heterocycles. The Balaban J connectivity index is 0.000000246. The summed E-state index contributed by atoms with van der Waals surface area (Å²) >= 11 is 0. The largest absolute Gasteiger partial charge is 0.699 e. The summed E-state index contributed by atoms with van der Waals surface area (Å²) in [6, 6.07) is 10.2. The monoisotopic (exact) mass is 552 g/mol. The maximum Gasteiger partial charge on any atom is 0.141 e. The fourth-order valence-corrected chi connectivity index (χ4v) is 4.00. The fraction of sp³-hybridized carbons (Fsp3) is 0.444. The Morgan fingerprint density at radius 1 is 1.09 bits per heavy atom. The van der Waals surface area contributed by atoms with Gasteiger partial charge in [-0.3, -0.25) is 0 Å². The minimum atomic E-state index is 0. The van der Waals surface area contributed by atoms with Crippen molar-refractivity contribution in [2.45, 2.75) is 46.2 Å². The van der Waals surface area contributed by atoms with Gasteiger partial charge in [0.25, 0.3) is 0 Å². The Morgan fingerprint density at radius 3 is 2.31 bits per heavy atom. The van der Waals surface area contributed by atoms with Crippen molar-refractivity contribution in [3.63, 3.8) is 0 Å². The molecular weight excluding hydrogens is 515 g/mol. The normalized spacial score (nSPS) is 13.5. The molecule has 0 bridgehead atoms. The molecule has 2 aromatic carbocycles. The Kier molecular flexibility index (Phi) is 11.2. The summed E-state index contributed by atoms with van der Waals surface area (Å²) < 4.78 is 12.6. The van der Waals surface area contributed by atoms with Gasteiger partial charge in [-0.1, -0.05) is 31.5 Å². The van der Waals surface area contributed by atoms with Crippen LogP contribution in [0.15, 0.2) is 42.9 Å². The first kappa shape index (κ1) is 29.3. The van der Waals surface area contributed by atoms with Gasteiger partial charge in [0.15, 0.2) is 0 Å². The van der Waals surface area contributed by atoms with Gasteiger partial charge in [-0.15, -0.1) is 18.3 Å². The van der Waals surface area contributed by atoms with E-state index in [-0.39, 0.29) is 32.7 Å². The number of ether oxygens (including phenoxy) is 2. The van der Waals surface area contributed by atoms with Crippen molar-refractivity contribution in [2.75, 3.05) is 34.4 Å². The van der Waals surface area contributed by atoms with Gasteiger partial charge >= 0.3 is 0 Å². The van der Waals surface area contributed by atoms with Crippen LogP contribution >= 0.6 is 0 Å². The summed E-state index contributed by atoms with van der Waals surface area (Å²) in [5, 5.41) is 4.78. The molecule has 7 nitrogen and oxygen atoms in total. The standard InChI is InChI=1S/C16H25N2O.C11H12N3O.Y/c1-11(2)15-7-13(12(3)6-16(15)19-5)8-17-14-9-18(4)10-14;1-8-6-14(7-13-8)10-4-3-9(12)5-11(10)15-2;/h6-7,11,14H,8-10H2,1-5H3;3-7,12H,1-2H3;/q2*-1;. The van der Waals surface area contributed by atoms with E-state index in [0.717, 1.165) is 36.8 Å². The number of hydrogen-bond acceptors (Lipinski definition) is 4. The van der Waals surface area contributed by atoms with E-state index in [1.807, 2.05) is 23.8 Å². The Hall–Kier alpha value is -1.93. The van der Waals surface area contributed by atoms with Gasteiger partial charge in [0.2, 0.25) is 0 Å². The first-order valence-corrected chi connectivity index (χ1v) is 11.6. The number of methoxy groups -OCH3 is 2. The molecule has 35 heavy (non-hydrogen) atoms. The molecule has 0 unspecified atom stereocenters. The zero-order valence-corrected chi connectivity index (χ0v) is 24.8. The number of aromatic nitrogens is 2. The van der Waals surface area contributed by atoms with E-state index in [9.17, 15) is 0 Å². The van der Waals surface area contributed by atoms with Gasteiger partial charge < -0.3 is 30.0 Å². The van der Waals surface area contributed by atoms with Crippen LogP contribution in [0.3, 0.4) is 0 Å². The molecule has 0 spiro atoms. The van der Waals surface area contributed by atoms with Gasteiger partial charge in [-0.2, -0.15) is 0 Å². The number of nitrogens with one attached hydrogen (secondary N) is 1. The second-order valence-corrected chi connectivity index (χ2v) is 9.20. The van der Waals surface area contributed by atoms with Crippen LogP contribution in [0.25, 0.3) is 16.7 Å². The van der Waals surface area contributed by atoms with Crippen molar-refractivity contribution in [1.29, 1.82) is 0 Å². The Labute approximate surface area is 235 Å². The zero-order valence-electron chi connectivity index (χ0n) is 22.0. The molecular formula is C27H37N5O2Y-2. The van der Waals surface area contributed by atoms with E-state index in [0.29, 0.717) is 23.4 Å². The molecule has 0 saturated carbocycles. The van der Waals surface area contributed by atoms with Gasteiger partial charge in [0.05, 0.1) is 31.9 Å². The van der Waals surface area contributed by atoms with Crippen LogP contribution < -0.4 is 9.47 Å². The smallest absolute Gasteiger partial charge is 0.141 e. The van der Waals surface area contributed by atoms with Crippen LogP contribution in [0.2, 0.25) is 0 Å². The average molecular weight is 553 g/mol. The summed E-state index contributed by atoms with van der Waals surface area (Å²) in [6.07, 6.45) is 3.65. The second-order valence-electron chi connectivity index (χ2n) is 9.20. The molecule has 1 saturated heterocycles. The molecule has 4 rings (SSSR count). The Bertz CT molecular complexity index is 1090. The molecule has 187 valence electrons. The minimum absolute atomic E-state index is 0. The molecule has 1 aliphatic heterocycles. The minimum Gasteiger partial charge on any atom is -0.699 e. The number of hydrogen-bond donors (Lipinski definition) is 0. The Morgan fingerprint density at radius 2 is 1.77 bits per heavy atom. The van der Waals surface area contributed by atoms with Crippen molar-refractivity contribution in [2.24, 2.45) is 0 Å². The number of likely N-dealkylation sites (tertiary alicyclic amines) is 1. The van der Waals surface area contributed by atoms with Gasteiger partial charge in [0.1, 0.15) is 11.5 Å². The number of rotatable bonds is 7. The fourth-order valence-electron chi connectivity index (χ4n) is 4.00. The first-order chi connectivity index (χ1) is 16.2. The van der Waals surface area contributed by atoms with Gasteiger partial charge in [-0.25, -0.2) is 4.98 Å². The van der Waals surface area contributed by atoms with Gasteiger partial charge in [-0.05, 0) is 69.2 Å². The molecule has 0 amide bonds. The van der Waals surface area contributed by atoms with Crippen LogP contribution in [0.4, 0.5) is 5.69 Å². The quantitative estimate of drug-likeness (QED) is 0.351. The van der Waals surface area contributed by atoms with Crippen molar-refractivity contribution in [3.8, 4) is 17.2 Å². The number of benzene rings is 2. The second kappa shape index (κ2) is 13.4. The molecule has 3 aromatic rings. The van der Waals surface area contributed by atoms with Crippen molar-refractivity contribution in [1.82, 2.24) is 14.5 Å². The van der Waals surface area contributed by atoms with Crippen LogP contribution in [-0.2, 0) is 39.3 Å². The van der Waals surface area contributed by atoms with Crippen molar-refractivity contribution in [3.05, 3.63) is 76.3 Å².